The van der Waals surface area contributed by atoms with Crippen molar-refractivity contribution in [1.82, 2.24) is 0 Å². The van der Waals surface area contributed by atoms with E-state index >= 15 is 0 Å². The first-order valence-corrected chi connectivity index (χ1v) is 12.9. The lowest BCUT2D eigenvalue weighted by molar-refractivity contribution is -0.138. The third-order valence-corrected chi connectivity index (χ3v) is 4.52. The SMILES string of the molecule is CCOC(=O)/C=C/CC[C@H](OS(C)(=O)=O)[C@H](CC/C=C/C(=O)OCC)OS(C)(=O)=O. The molecule has 0 aromatic carbocycles. The molecule has 0 radical (unpaired) electrons. The lowest BCUT2D eigenvalue weighted by atomic mass is 10.0. The van der Waals surface area contributed by atoms with Crippen LogP contribution in [0.3, 0.4) is 0 Å². The minimum absolute atomic E-state index is 0.0603. The number of esters is 2. The third-order valence-electron chi connectivity index (χ3n) is 3.33. The van der Waals surface area contributed by atoms with Gasteiger partial charge in [0.05, 0.1) is 25.7 Å². The molecule has 0 spiro atoms. The largest absolute Gasteiger partial charge is 0.463 e. The fourth-order valence-electron chi connectivity index (χ4n) is 2.30. The van der Waals surface area contributed by atoms with E-state index in [2.05, 4.69) is 0 Å². The molecule has 0 amide bonds. The van der Waals surface area contributed by atoms with Crippen LogP contribution in [0.1, 0.15) is 39.5 Å². The second kappa shape index (κ2) is 14.3. The number of hydrogen-bond acceptors (Lipinski definition) is 10. The van der Waals surface area contributed by atoms with E-state index in [1.165, 1.54) is 24.3 Å². The normalized spacial score (nSPS) is 14.7. The van der Waals surface area contributed by atoms with Gasteiger partial charge in [0.15, 0.2) is 0 Å². The van der Waals surface area contributed by atoms with E-state index in [0.717, 1.165) is 12.5 Å². The molecule has 174 valence electrons. The number of rotatable bonds is 15. The summed E-state index contributed by atoms with van der Waals surface area (Å²) in [5.41, 5.74) is 0. The molecule has 0 rings (SSSR count). The molecule has 0 aliphatic carbocycles. The van der Waals surface area contributed by atoms with Gasteiger partial charge >= 0.3 is 11.9 Å². The number of allylic oxidation sites excluding steroid dienone is 2. The van der Waals surface area contributed by atoms with E-state index in [1.54, 1.807) is 13.8 Å². The van der Waals surface area contributed by atoms with E-state index in [-0.39, 0.29) is 38.9 Å². The smallest absolute Gasteiger partial charge is 0.330 e. The van der Waals surface area contributed by atoms with Crippen LogP contribution in [0.2, 0.25) is 0 Å². The summed E-state index contributed by atoms with van der Waals surface area (Å²) in [5.74, 6) is -1.10. The van der Waals surface area contributed by atoms with Crippen LogP contribution in [-0.4, -0.2) is 66.7 Å². The Bertz CT molecular complexity index is 729. The van der Waals surface area contributed by atoms with Crippen LogP contribution in [0.25, 0.3) is 0 Å². The molecule has 0 saturated carbocycles. The predicted octanol–water partition coefficient (Wildman–Crippen LogP) is 1.48. The molecule has 0 N–H and O–H groups in total. The van der Waals surface area contributed by atoms with Crippen LogP contribution >= 0.6 is 0 Å². The molecule has 0 aliphatic rings. The standard InChI is InChI=1S/C18H30O10S2/c1-5-25-17(19)13-9-7-11-15(27-29(3,21)22)16(28-30(4,23)24)12-8-10-14-18(20)26-6-2/h9-10,13-16H,5-8,11-12H2,1-4H3/b13-9+,14-10+/t15-,16-/m0/s1. The zero-order valence-corrected chi connectivity index (χ0v) is 19.2. The fourth-order valence-corrected chi connectivity index (χ4v) is 3.64. The average Bonchev–Trinajstić information content (AvgIpc) is 2.59. The summed E-state index contributed by atoms with van der Waals surface area (Å²) in [6.45, 7) is 3.75. The highest BCUT2D eigenvalue weighted by Gasteiger charge is 2.29. The van der Waals surface area contributed by atoms with Crippen LogP contribution in [0.4, 0.5) is 0 Å². The Kier molecular flexibility index (Phi) is 13.4. The van der Waals surface area contributed by atoms with E-state index in [9.17, 15) is 26.4 Å². The summed E-state index contributed by atoms with van der Waals surface area (Å²) in [6.07, 6.45) is 5.28. The number of carbonyl (C=O) groups excluding carboxylic acids is 2. The summed E-state index contributed by atoms with van der Waals surface area (Å²) < 4.78 is 66.1. The van der Waals surface area contributed by atoms with Crippen molar-refractivity contribution in [2.75, 3.05) is 25.7 Å². The van der Waals surface area contributed by atoms with Gasteiger partial charge in [0.25, 0.3) is 20.2 Å². The van der Waals surface area contributed by atoms with Crippen LogP contribution in [0.15, 0.2) is 24.3 Å². The monoisotopic (exact) mass is 470 g/mol. The summed E-state index contributed by atoms with van der Waals surface area (Å²) in [6, 6.07) is 0. The van der Waals surface area contributed by atoms with Crippen LogP contribution in [-0.2, 0) is 47.7 Å². The topological polar surface area (TPSA) is 139 Å². The van der Waals surface area contributed by atoms with Crippen molar-refractivity contribution in [1.29, 1.82) is 0 Å². The maximum atomic E-state index is 11.6. The molecule has 12 heteroatoms. The Balaban J connectivity index is 5.28. The molecule has 0 bridgehead atoms. The van der Waals surface area contributed by atoms with E-state index in [4.69, 9.17) is 17.8 Å². The Morgan fingerprint density at radius 1 is 0.733 bits per heavy atom. The van der Waals surface area contributed by atoms with Crippen molar-refractivity contribution in [2.24, 2.45) is 0 Å². The highest BCUT2D eigenvalue weighted by Crippen LogP contribution is 2.20. The van der Waals surface area contributed by atoms with Crippen molar-refractivity contribution >= 4 is 32.2 Å². The zero-order chi connectivity index (χ0) is 23.2. The van der Waals surface area contributed by atoms with Gasteiger partial charge < -0.3 is 9.47 Å². The zero-order valence-electron chi connectivity index (χ0n) is 17.6. The van der Waals surface area contributed by atoms with E-state index < -0.39 is 44.4 Å². The molecule has 2 atom stereocenters. The summed E-state index contributed by atoms with van der Waals surface area (Å²) in [4.78, 5) is 22.7. The van der Waals surface area contributed by atoms with Gasteiger partial charge in [0, 0.05) is 12.2 Å². The average molecular weight is 471 g/mol. The molecule has 0 fully saturated rings. The van der Waals surface area contributed by atoms with Crippen LogP contribution in [0.5, 0.6) is 0 Å². The molecule has 0 aromatic heterocycles. The Morgan fingerprint density at radius 3 is 1.33 bits per heavy atom. The van der Waals surface area contributed by atoms with Gasteiger partial charge in [-0.05, 0) is 39.5 Å². The highest BCUT2D eigenvalue weighted by molar-refractivity contribution is 7.86. The van der Waals surface area contributed by atoms with Crippen molar-refractivity contribution in [2.45, 2.75) is 51.7 Å². The van der Waals surface area contributed by atoms with Gasteiger partial charge in [-0.15, -0.1) is 0 Å². The molecule has 0 saturated heterocycles. The first-order chi connectivity index (χ1) is 13.9. The summed E-state index contributed by atoms with van der Waals surface area (Å²) >= 11 is 0. The van der Waals surface area contributed by atoms with Crippen molar-refractivity contribution in [3.05, 3.63) is 24.3 Å². The van der Waals surface area contributed by atoms with Gasteiger partial charge in [0.1, 0.15) is 12.2 Å². The minimum atomic E-state index is -3.92. The second-order valence-electron chi connectivity index (χ2n) is 6.14. The van der Waals surface area contributed by atoms with E-state index in [0.29, 0.717) is 0 Å². The minimum Gasteiger partial charge on any atom is -0.463 e. The maximum Gasteiger partial charge on any atom is 0.330 e. The lowest BCUT2D eigenvalue weighted by Crippen LogP contribution is -2.35. The van der Waals surface area contributed by atoms with Crippen LogP contribution in [0, 0.1) is 0 Å². The number of carbonyl (C=O) groups is 2. The predicted molar refractivity (Wildman–Crippen MR) is 109 cm³/mol. The van der Waals surface area contributed by atoms with Gasteiger partial charge in [-0.1, -0.05) is 12.2 Å². The first kappa shape index (κ1) is 28.2. The van der Waals surface area contributed by atoms with Gasteiger partial charge in [-0.2, -0.15) is 16.8 Å². The fraction of sp³-hybridized carbons (Fsp3) is 0.667. The third kappa shape index (κ3) is 16.1. The van der Waals surface area contributed by atoms with Crippen molar-refractivity contribution in [3.8, 4) is 0 Å². The van der Waals surface area contributed by atoms with Crippen molar-refractivity contribution < 1.29 is 44.3 Å². The quantitative estimate of drug-likeness (QED) is 0.196. The Morgan fingerprint density at radius 2 is 1.07 bits per heavy atom. The van der Waals surface area contributed by atoms with Crippen LogP contribution < -0.4 is 0 Å². The molecule has 30 heavy (non-hydrogen) atoms. The molecule has 10 nitrogen and oxygen atoms in total. The summed E-state index contributed by atoms with van der Waals surface area (Å²) in [5, 5.41) is 0. The number of hydrogen-bond donors (Lipinski definition) is 0. The van der Waals surface area contributed by atoms with Crippen molar-refractivity contribution in [3.63, 3.8) is 0 Å². The van der Waals surface area contributed by atoms with Gasteiger partial charge in [-0.25, -0.2) is 9.59 Å². The number of ether oxygens (including phenoxy) is 2. The lowest BCUT2D eigenvalue weighted by Gasteiger charge is -2.25. The maximum absolute atomic E-state index is 11.6. The molecular weight excluding hydrogens is 440 g/mol. The summed E-state index contributed by atoms with van der Waals surface area (Å²) in [7, 11) is -7.84. The second-order valence-corrected chi connectivity index (χ2v) is 9.34. The highest BCUT2D eigenvalue weighted by atomic mass is 32.2. The molecule has 0 aromatic rings. The molecule has 0 unspecified atom stereocenters. The van der Waals surface area contributed by atoms with E-state index in [1.807, 2.05) is 0 Å². The molecule has 0 heterocycles. The Hall–Kier alpha value is -1.76. The Labute approximate surface area is 178 Å². The van der Waals surface area contributed by atoms with Gasteiger partial charge in [-0.3, -0.25) is 8.37 Å². The first-order valence-electron chi connectivity index (χ1n) is 9.31. The van der Waals surface area contributed by atoms with Gasteiger partial charge in [0.2, 0.25) is 0 Å². The molecular formula is C18H30O10S2. The molecule has 0 aliphatic heterocycles.